The number of rotatable bonds is 5. The van der Waals surface area contributed by atoms with Crippen LogP contribution in [0.2, 0.25) is 0 Å². The Morgan fingerprint density at radius 2 is 1.85 bits per heavy atom. The van der Waals surface area contributed by atoms with Crippen LogP contribution in [0.15, 0.2) is 18.2 Å². The number of nitrogens with zero attached hydrogens (tertiary/aromatic N) is 1. The number of benzene rings is 1. The lowest BCUT2D eigenvalue weighted by atomic mass is 10.0. The fourth-order valence-corrected chi connectivity index (χ4v) is 2.60. The van der Waals surface area contributed by atoms with E-state index in [9.17, 15) is 0 Å². The number of anilines is 1. The maximum Gasteiger partial charge on any atom is 0.163 e. The van der Waals surface area contributed by atoms with Crippen molar-refractivity contribution in [3.8, 4) is 11.5 Å². The highest BCUT2D eigenvalue weighted by atomic mass is 16.5. The second-order valence-corrected chi connectivity index (χ2v) is 5.73. The van der Waals surface area contributed by atoms with Gasteiger partial charge in [-0.05, 0) is 39.8 Å². The van der Waals surface area contributed by atoms with Crippen LogP contribution in [0.3, 0.4) is 0 Å². The van der Waals surface area contributed by atoms with Gasteiger partial charge in [-0.25, -0.2) is 0 Å². The van der Waals surface area contributed by atoms with Gasteiger partial charge in [0, 0.05) is 36.9 Å². The maximum absolute atomic E-state index is 5.71. The molecular formula is C16H26N2O2. The molecule has 0 unspecified atom stereocenters. The van der Waals surface area contributed by atoms with E-state index in [1.165, 1.54) is 5.69 Å². The normalized spacial score (nSPS) is 17.9. The maximum atomic E-state index is 5.71. The molecule has 112 valence electrons. The van der Waals surface area contributed by atoms with Gasteiger partial charge in [0.15, 0.2) is 11.5 Å². The summed E-state index contributed by atoms with van der Waals surface area (Å²) in [7, 11) is 0. The van der Waals surface area contributed by atoms with Gasteiger partial charge in [0.2, 0.25) is 0 Å². The molecule has 0 bridgehead atoms. The molecule has 1 aliphatic rings. The molecule has 0 aliphatic carbocycles. The van der Waals surface area contributed by atoms with Gasteiger partial charge in [0.05, 0.1) is 13.2 Å². The number of hydrogen-bond donors (Lipinski definition) is 1. The van der Waals surface area contributed by atoms with Crippen molar-refractivity contribution in [2.24, 2.45) is 0 Å². The zero-order chi connectivity index (χ0) is 14.6. The van der Waals surface area contributed by atoms with Gasteiger partial charge < -0.3 is 19.7 Å². The van der Waals surface area contributed by atoms with E-state index in [2.05, 4.69) is 36.2 Å². The van der Waals surface area contributed by atoms with Crippen molar-refractivity contribution in [3.63, 3.8) is 0 Å². The van der Waals surface area contributed by atoms with Gasteiger partial charge in [0.1, 0.15) is 0 Å². The van der Waals surface area contributed by atoms with E-state index in [-0.39, 0.29) is 5.54 Å². The summed E-state index contributed by atoms with van der Waals surface area (Å²) in [5, 5.41) is 3.53. The molecule has 1 aromatic carbocycles. The van der Waals surface area contributed by atoms with Crippen LogP contribution in [0.4, 0.5) is 5.69 Å². The van der Waals surface area contributed by atoms with Gasteiger partial charge >= 0.3 is 0 Å². The first-order chi connectivity index (χ1) is 9.55. The lowest BCUT2D eigenvalue weighted by Crippen LogP contribution is -2.57. The fourth-order valence-electron chi connectivity index (χ4n) is 2.60. The van der Waals surface area contributed by atoms with Gasteiger partial charge in [-0.2, -0.15) is 0 Å². The quantitative estimate of drug-likeness (QED) is 0.898. The average Bonchev–Trinajstić information content (AvgIpc) is 2.40. The molecule has 1 aliphatic heterocycles. The molecule has 0 atom stereocenters. The first-order valence-electron chi connectivity index (χ1n) is 7.45. The van der Waals surface area contributed by atoms with Crippen molar-refractivity contribution in [1.29, 1.82) is 0 Å². The summed E-state index contributed by atoms with van der Waals surface area (Å²) in [5.41, 5.74) is 1.34. The van der Waals surface area contributed by atoms with E-state index in [1.54, 1.807) is 0 Å². The summed E-state index contributed by atoms with van der Waals surface area (Å²) in [6.45, 7) is 12.8. The summed E-state index contributed by atoms with van der Waals surface area (Å²) in [6, 6.07) is 6.23. The minimum Gasteiger partial charge on any atom is -0.490 e. The SMILES string of the molecule is CCOc1ccc(N2CCNC(C)(C)C2)cc1OCC. The van der Waals surface area contributed by atoms with Crippen molar-refractivity contribution in [1.82, 2.24) is 5.32 Å². The minimum absolute atomic E-state index is 0.141. The zero-order valence-corrected chi connectivity index (χ0v) is 13.0. The molecule has 4 nitrogen and oxygen atoms in total. The molecule has 20 heavy (non-hydrogen) atoms. The van der Waals surface area contributed by atoms with E-state index in [0.29, 0.717) is 13.2 Å². The molecule has 0 aromatic heterocycles. The second kappa shape index (κ2) is 6.35. The van der Waals surface area contributed by atoms with Crippen molar-refractivity contribution in [2.45, 2.75) is 33.2 Å². The van der Waals surface area contributed by atoms with Gasteiger partial charge in [-0.1, -0.05) is 0 Å². The van der Waals surface area contributed by atoms with E-state index >= 15 is 0 Å². The summed E-state index contributed by atoms with van der Waals surface area (Å²) < 4.78 is 11.3. The Labute approximate surface area is 122 Å². The molecule has 1 saturated heterocycles. The minimum atomic E-state index is 0.141. The Hall–Kier alpha value is -1.42. The van der Waals surface area contributed by atoms with Crippen LogP contribution in [-0.4, -0.2) is 38.4 Å². The monoisotopic (exact) mass is 278 g/mol. The van der Waals surface area contributed by atoms with Crippen LogP contribution in [-0.2, 0) is 0 Å². The zero-order valence-electron chi connectivity index (χ0n) is 13.0. The van der Waals surface area contributed by atoms with Crippen LogP contribution in [0.25, 0.3) is 0 Å². The largest absolute Gasteiger partial charge is 0.490 e. The lowest BCUT2D eigenvalue weighted by molar-refractivity contribution is 0.287. The standard InChI is InChI=1S/C16H26N2O2/c1-5-19-14-8-7-13(11-15(14)20-6-2)18-10-9-17-16(3,4)12-18/h7-8,11,17H,5-6,9-10,12H2,1-4H3. The van der Waals surface area contributed by atoms with E-state index in [0.717, 1.165) is 31.1 Å². The first kappa shape index (κ1) is 15.0. The lowest BCUT2D eigenvalue weighted by Gasteiger charge is -2.40. The third-order valence-corrected chi connectivity index (χ3v) is 3.46. The molecule has 0 amide bonds. The molecule has 2 rings (SSSR count). The molecular weight excluding hydrogens is 252 g/mol. The summed E-state index contributed by atoms with van der Waals surface area (Å²) in [5.74, 6) is 1.66. The summed E-state index contributed by atoms with van der Waals surface area (Å²) in [4.78, 5) is 2.40. The van der Waals surface area contributed by atoms with Crippen molar-refractivity contribution < 1.29 is 9.47 Å². The van der Waals surface area contributed by atoms with Crippen LogP contribution in [0, 0.1) is 0 Å². The van der Waals surface area contributed by atoms with Crippen molar-refractivity contribution in [3.05, 3.63) is 18.2 Å². The fraction of sp³-hybridized carbons (Fsp3) is 0.625. The molecule has 1 fully saturated rings. The Morgan fingerprint density at radius 1 is 1.15 bits per heavy atom. The highest BCUT2D eigenvalue weighted by molar-refractivity contribution is 5.57. The Bertz CT molecular complexity index is 446. The number of nitrogens with one attached hydrogen (secondary N) is 1. The van der Waals surface area contributed by atoms with Crippen LogP contribution < -0.4 is 19.7 Å². The third kappa shape index (κ3) is 3.57. The smallest absolute Gasteiger partial charge is 0.163 e. The number of hydrogen-bond acceptors (Lipinski definition) is 4. The van der Waals surface area contributed by atoms with Crippen LogP contribution in [0.5, 0.6) is 11.5 Å². The van der Waals surface area contributed by atoms with Gasteiger partial charge in [-0.3, -0.25) is 0 Å². The third-order valence-electron chi connectivity index (χ3n) is 3.46. The molecule has 1 aromatic rings. The predicted molar refractivity (Wildman–Crippen MR) is 83.1 cm³/mol. The molecule has 1 N–H and O–H groups in total. The number of piperazine rings is 1. The Kier molecular flexibility index (Phi) is 4.76. The molecule has 1 heterocycles. The number of ether oxygens (including phenoxy) is 2. The highest BCUT2D eigenvalue weighted by Crippen LogP contribution is 2.33. The van der Waals surface area contributed by atoms with E-state index < -0.39 is 0 Å². The Morgan fingerprint density at radius 3 is 2.50 bits per heavy atom. The van der Waals surface area contributed by atoms with Crippen molar-refractivity contribution in [2.75, 3.05) is 37.7 Å². The van der Waals surface area contributed by atoms with Crippen LogP contribution in [0.1, 0.15) is 27.7 Å². The summed E-state index contributed by atoms with van der Waals surface area (Å²) in [6.07, 6.45) is 0. The van der Waals surface area contributed by atoms with Gasteiger partial charge in [0.25, 0.3) is 0 Å². The topological polar surface area (TPSA) is 33.7 Å². The predicted octanol–water partition coefficient (Wildman–Crippen LogP) is 2.67. The van der Waals surface area contributed by atoms with Gasteiger partial charge in [-0.15, -0.1) is 0 Å². The van der Waals surface area contributed by atoms with E-state index in [4.69, 9.17) is 9.47 Å². The van der Waals surface area contributed by atoms with Crippen LogP contribution >= 0.6 is 0 Å². The van der Waals surface area contributed by atoms with Crippen molar-refractivity contribution >= 4 is 5.69 Å². The summed E-state index contributed by atoms with van der Waals surface area (Å²) >= 11 is 0. The first-order valence-corrected chi connectivity index (χ1v) is 7.45. The van der Waals surface area contributed by atoms with E-state index in [1.807, 2.05) is 19.9 Å². The average molecular weight is 278 g/mol. The molecule has 0 spiro atoms. The highest BCUT2D eigenvalue weighted by Gasteiger charge is 2.26. The molecule has 0 saturated carbocycles. The molecule has 4 heteroatoms. The molecule has 0 radical (unpaired) electrons. The second-order valence-electron chi connectivity index (χ2n) is 5.73. The Balaban J connectivity index is 2.21.